The molecule has 2 nitrogen and oxygen atoms in total. The number of piperidine rings is 1. The molecular weight excluding hydrogens is 236 g/mol. The SMILES string of the molecule is CCCCCCCCC(O)C1CNCCC1(F)F. The minimum atomic E-state index is -2.70. The summed E-state index contributed by atoms with van der Waals surface area (Å²) in [5, 5.41) is 12.8. The molecule has 0 aromatic rings. The van der Waals surface area contributed by atoms with E-state index in [0.29, 0.717) is 13.0 Å². The third-order valence-corrected chi connectivity index (χ3v) is 3.86. The maximum Gasteiger partial charge on any atom is 0.255 e. The lowest BCUT2D eigenvalue weighted by molar-refractivity contribution is -0.121. The Kier molecular flexibility index (Phi) is 7.08. The molecule has 0 aromatic heterocycles. The van der Waals surface area contributed by atoms with E-state index in [0.717, 1.165) is 19.3 Å². The lowest BCUT2D eigenvalue weighted by atomic mass is 9.87. The second kappa shape index (κ2) is 8.05. The molecule has 1 rings (SSSR count). The highest BCUT2D eigenvalue weighted by Crippen LogP contribution is 2.34. The number of aliphatic hydroxyl groups is 1. The summed E-state index contributed by atoms with van der Waals surface area (Å²) in [6, 6.07) is 0. The van der Waals surface area contributed by atoms with E-state index < -0.39 is 17.9 Å². The van der Waals surface area contributed by atoms with Crippen molar-refractivity contribution < 1.29 is 13.9 Å². The second-order valence-corrected chi connectivity index (χ2v) is 5.45. The first kappa shape index (κ1) is 15.8. The molecule has 0 aromatic carbocycles. The van der Waals surface area contributed by atoms with Crippen LogP contribution in [0.1, 0.15) is 58.3 Å². The Hall–Kier alpha value is -0.220. The number of hydrogen-bond acceptors (Lipinski definition) is 2. The summed E-state index contributed by atoms with van der Waals surface area (Å²) in [6.07, 6.45) is 6.22. The van der Waals surface area contributed by atoms with Crippen molar-refractivity contribution in [3.05, 3.63) is 0 Å². The molecule has 2 atom stereocenters. The van der Waals surface area contributed by atoms with Gasteiger partial charge < -0.3 is 10.4 Å². The zero-order chi connectivity index (χ0) is 13.4. The van der Waals surface area contributed by atoms with Crippen LogP contribution in [0.15, 0.2) is 0 Å². The van der Waals surface area contributed by atoms with Gasteiger partial charge in [0.15, 0.2) is 0 Å². The van der Waals surface area contributed by atoms with Crippen LogP contribution < -0.4 is 5.32 Å². The van der Waals surface area contributed by atoms with E-state index >= 15 is 0 Å². The summed E-state index contributed by atoms with van der Waals surface area (Å²) < 4.78 is 27.2. The monoisotopic (exact) mass is 263 g/mol. The summed E-state index contributed by atoms with van der Waals surface area (Å²) in [5.41, 5.74) is 0. The van der Waals surface area contributed by atoms with Crippen molar-refractivity contribution in [2.24, 2.45) is 5.92 Å². The van der Waals surface area contributed by atoms with Crippen LogP contribution >= 0.6 is 0 Å². The van der Waals surface area contributed by atoms with Crippen LogP contribution in [0, 0.1) is 5.92 Å². The van der Waals surface area contributed by atoms with E-state index in [1.165, 1.54) is 19.3 Å². The standard InChI is InChI=1S/C14H27F2NO/c1-2-3-4-5-6-7-8-13(18)12-11-17-10-9-14(12,15)16/h12-13,17-18H,2-11H2,1H3. The fraction of sp³-hybridized carbons (Fsp3) is 1.00. The van der Waals surface area contributed by atoms with Crippen LogP contribution in [-0.2, 0) is 0 Å². The fourth-order valence-electron chi connectivity index (χ4n) is 2.60. The van der Waals surface area contributed by atoms with Crippen molar-refractivity contribution in [3.8, 4) is 0 Å². The van der Waals surface area contributed by atoms with E-state index in [-0.39, 0.29) is 13.0 Å². The Balaban J connectivity index is 2.17. The van der Waals surface area contributed by atoms with Crippen molar-refractivity contribution in [2.75, 3.05) is 13.1 Å². The maximum atomic E-state index is 13.6. The molecule has 2 N–H and O–H groups in total. The number of aliphatic hydroxyl groups excluding tert-OH is 1. The van der Waals surface area contributed by atoms with Gasteiger partial charge in [-0.2, -0.15) is 0 Å². The highest BCUT2D eigenvalue weighted by atomic mass is 19.3. The van der Waals surface area contributed by atoms with Crippen LogP contribution in [0.5, 0.6) is 0 Å². The molecule has 4 heteroatoms. The average Bonchev–Trinajstić information content (AvgIpc) is 2.32. The Morgan fingerprint density at radius 1 is 1.22 bits per heavy atom. The topological polar surface area (TPSA) is 32.3 Å². The smallest absolute Gasteiger partial charge is 0.255 e. The molecule has 0 radical (unpaired) electrons. The molecule has 1 aliphatic rings. The molecule has 0 amide bonds. The molecule has 18 heavy (non-hydrogen) atoms. The van der Waals surface area contributed by atoms with Gasteiger partial charge in [0, 0.05) is 19.5 Å². The summed E-state index contributed by atoms with van der Waals surface area (Å²) in [6.45, 7) is 2.76. The number of alkyl halides is 2. The van der Waals surface area contributed by atoms with Gasteiger partial charge >= 0.3 is 0 Å². The average molecular weight is 263 g/mol. The van der Waals surface area contributed by atoms with Crippen molar-refractivity contribution in [3.63, 3.8) is 0 Å². The highest BCUT2D eigenvalue weighted by molar-refractivity contribution is 4.88. The van der Waals surface area contributed by atoms with E-state index in [2.05, 4.69) is 12.2 Å². The Morgan fingerprint density at radius 3 is 2.56 bits per heavy atom. The van der Waals surface area contributed by atoms with E-state index in [4.69, 9.17) is 0 Å². The maximum absolute atomic E-state index is 13.6. The zero-order valence-corrected chi connectivity index (χ0v) is 11.4. The lowest BCUT2D eigenvalue weighted by Gasteiger charge is -2.35. The second-order valence-electron chi connectivity index (χ2n) is 5.45. The van der Waals surface area contributed by atoms with E-state index in [1.807, 2.05) is 0 Å². The molecular formula is C14H27F2NO. The summed E-state index contributed by atoms with van der Waals surface area (Å²) in [7, 11) is 0. The van der Waals surface area contributed by atoms with E-state index in [9.17, 15) is 13.9 Å². The van der Waals surface area contributed by atoms with Gasteiger partial charge in [-0.15, -0.1) is 0 Å². The molecule has 0 saturated carbocycles. The first-order valence-electron chi connectivity index (χ1n) is 7.34. The summed E-state index contributed by atoms with van der Waals surface area (Å²) in [5.74, 6) is -3.60. The number of hydrogen-bond donors (Lipinski definition) is 2. The Bertz CT molecular complexity index is 224. The third kappa shape index (κ3) is 5.19. The molecule has 1 saturated heterocycles. The number of rotatable bonds is 8. The molecule has 0 aliphatic carbocycles. The normalized spacial score (nSPS) is 25.0. The number of halogens is 2. The van der Waals surface area contributed by atoms with Gasteiger partial charge in [-0.05, 0) is 6.42 Å². The summed E-state index contributed by atoms with van der Waals surface area (Å²) >= 11 is 0. The minimum Gasteiger partial charge on any atom is -0.393 e. The van der Waals surface area contributed by atoms with Crippen LogP contribution in [0.3, 0.4) is 0 Å². The molecule has 0 spiro atoms. The van der Waals surface area contributed by atoms with Crippen LogP contribution in [-0.4, -0.2) is 30.2 Å². The summed E-state index contributed by atoms with van der Waals surface area (Å²) in [4.78, 5) is 0. The van der Waals surface area contributed by atoms with Gasteiger partial charge in [-0.3, -0.25) is 0 Å². The fourth-order valence-corrected chi connectivity index (χ4v) is 2.60. The minimum absolute atomic E-state index is 0.148. The molecule has 1 heterocycles. The molecule has 1 aliphatic heterocycles. The highest BCUT2D eigenvalue weighted by Gasteiger charge is 2.44. The molecule has 108 valence electrons. The van der Waals surface area contributed by atoms with Crippen LogP contribution in [0.4, 0.5) is 8.78 Å². The van der Waals surface area contributed by atoms with Gasteiger partial charge in [0.1, 0.15) is 0 Å². The van der Waals surface area contributed by atoms with Crippen LogP contribution in [0.25, 0.3) is 0 Å². The van der Waals surface area contributed by atoms with Gasteiger partial charge in [0.2, 0.25) is 0 Å². The van der Waals surface area contributed by atoms with Crippen molar-refractivity contribution in [1.82, 2.24) is 5.32 Å². The quantitative estimate of drug-likeness (QED) is 0.658. The molecule has 0 bridgehead atoms. The lowest BCUT2D eigenvalue weighted by Crippen LogP contribution is -2.49. The molecule has 2 unspecified atom stereocenters. The Morgan fingerprint density at radius 2 is 1.89 bits per heavy atom. The van der Waals surface area contributed by atoms with Crippen molar-refractivity contribution in [1.29, 1.82) is 0 Å². The van der Waals surface area contributed by atoms with Crippen molar-refractivity contribution >= 4 is 0 Å². The van der Waals surface area contributed by atoms with E-state index in [1.54, 1.807) is 0 Å². The van der Waals surface area contributed by atoms with Gasteiger partial charge in [0.25, 0.3) is 5.92 Å². The number of unbranched alkanes of at least 4 members (excludes halogenated alkanes) is 5. The first-order chi connectivity index (χ1) is 8.58. The van der Waals surface area contributed by atoms with Crippen molar-refractivity contribution in [2.45, 2.75) is 70.3 Å². The third-order valence-electron chi connectivity index (χ3n) is 3.86. The van der Waals surface area contributed by atoms with Gasteiger partial charge in [-0.25, -0.2) is 8.78 Å². The number of nitrogens with one attached hydrogen (secondary N) is 1. The zero-order valence-electron chi connectivity index (χ0n) is 11.4. The predicted octanol–water partition coefficient (Wildman–Crippen LogP) is 3.34. The first-order valence-corrected chi connectivity index (χ1v) is 7.34. The van der Waals surface area contributed by atoms with Gasteiger partial charge in [-0.1, -0.05) is 45.4 Å². The Labute approximate surface area is 109 Å². The molecule has 1 fully saturated rings. The van der Waals surface area contributed by atoms with Gasteiger partial charge in [0.05, 0.1) is 12.0 Å². The predicted molar refractivity (Wildman–Crippen MR) is 69.9 cm³/mol. The van der Waals surface area contributed by atoms with Crippen LogP contribution in [0.2, 0.25) is 0 Å². The largest absolute Gasteiger partial charge is 0.393 e.